The molecule has 0 saturated carbocycles. The predicted molar refractivity (Wildman–Crippen MR) is 97.3 cm³/mol. The molecule has 0 radical (unpaired) electrons. The zero-order valence-corrected chi connectivity index (χ0v) is 14.6. The second kappa shape index (κ2) is 8.96. The van der Waals surface area contributed by atoms with Gasteiger partial charge in [0.25, 0.3) is 0 Å². The van der Waals surface area contributed by atoms with Crippen molar-refractivity contribution in [2.75, 3.05) is 31.6 Å². The minimum atomic E-state index is -0.828. The Labute approximate surface area is 152 Å². The van der Waals surface area contributed by atoms with Crippen LogP contribution in [0.2, 0.25) is 0 Å². The molecular formula is C20H24F2N2O2. The number of halogens is 2. The van der Waals surface area contributed by atoms with E-state index in [1.807, 2.05) is 24.3 Å². The predicted octanol–water partition coefficient (Wildman–Crippen LogP) is 3.41. The van der Waals surface area contributed by atoms with Crippen LogP contribution >= 0.6 is 0 Å². The molecule has 2 aromatic rings. The standard InChI is InChI=1S/C20H24F2N2O2/c21-19-8-5-16(12-20(19)22)23-17-2-1-9-24(14-17)13-15-3-6-18(7-4-15)26-11-10-25/h3-8,12,17,23,25H,1-2,9-11,13-14H2. The molecule has 2 aromatic carbocycles. The van der Waals surface area contributed by atoms with Crippen LogP contribution in [0.25, 0.3) is 0 Å². The van der Waals surface area contributed by atoms with Crippen LogP contribution < -0.4 is 10.1 Å². The third-order valence-corrected chi connectivity index (χ3v) is 4.49. The molecule has 0 amide bonds. The van der Waals surface area contributed by atoms with Gasteiger partial charge in [-0.25, -0.2) is 8.78 Å². The van der Waals surface area contributed by atoms with E-state index in [1.165, 1.54) is 11.6 Å². The lowest BCUT2D eigenvalue weighted by Gasteiger charge is -2.33. The van der Waals surface area contributed by atoms with Gasteiger partial charge >= 0.3 is 0 Å². The number of likely N-dealkylation sites (tertiary alicyclic amines) is 1. The maximum atomic E-state index is 13.4. The Morgan fingerprint density at radius 3 is 2.65 bits per heavy atom. The summed E-state index contributed by atoms with van der Waals surface area (Å²) in [6.07, 6.45) is 2.06. The molecule has 0 bridgehead atoms. The molecule has 1 atom stereocenters. The summed E-state index contributed by atoms with van der Waals surface area (Å²) in [5.41, 5.74) is 1.80. The maximum absolute atomic E-state index is 13.4. The number of nitrogens with one attached hydrogen (secondary N) is 1. The molecule has 1 fully saturated rings. The Balaban J connectivity index is 1.53. The SMILES string of the molecule is OCCOc1ccc(CN2CCCC(Nc3ccc(F)c(F)c3)C2)cc1. The normalized spacial score (nSPS) is 17.9. The van der Waals surface area contributed by atoms with Crippen LogP contribution in [0.3, 0.4) is 0 Å². The number of hydrogen-bond acceptors (Lipinski definition) is 4. The Kier molecular flexibility index (Phi) is 6.41. The molecule has 0 aromatic heterocycles. The van der Waals surface area contributed by atoms with Crippen molar-refractivity contribution in [2.45, 2.75) is 25.4 Å². The molecule has 26 heavy (non-hydrogen) atoms. The smallest absolute Gasteiger partial charge is 0.160 e. The third kappa shape index (κ3) is 5.16. The van der Waals surface area contributed by atoms with Crippen LogP contribution in [0, 0.1) is 11.6 Å². The van der Waals surface area contributed by atoms with E-state index in [9.17, 15) is 8.78 Å². The molecule has 4 nitrogen and oxygen atoms in total. The molecule has 3 rings (SSSR count). The van der Waals surface area contributed by atoms with Crippen LogP contribution in [0.1, 0.15) is 18.4 Å². The average Bonchev–Trinajstić information content (AvgIpc) is 2.65. The van der Waals surface area contributed by atoms with Crippen molar-refractivity contribution in [3.8, 4) is 5.75 Å². The van der Waals surface area contributed by atoms with Crippen molar-refractivity contribution >= 4 is 5.69 Å². The van der Waals surface area contributed by atoms with Crippen molar-refractivity contribution in [1.82, 2.24) is 4.90 Å². The number of anilines is 1. The minimum Gasteiger partial charge on any atom is -0.491 e. The highest BCUT2D eigenvalue weighted by Crippen LogP contribution is 2.20. The summed E-state index contributed by atoms with van der Waals surface area (Å²) in [5.74, 6) is -0.905. The highest BCUT2D eigenvalue weighted by molar-refractivity contribution is 5.44. The van der Waals surface area contributed by atoms with Crippen LogP contribution in [-0.4, -0.2) is 42.4 Å². The molecule has 1 unspecified atom stereocenters. The Morgan fingerprint density at radius 1 is 1.12 bits per heavy atom. The highest BCUT2D eigenvalue weighted by Gasteiger charge is 2.20. The van der Waals surface area contributed by atoms with E-state index in [0.717, 1.165) is 44.3 Å². The number of aliphatic hydroxyl groups is 1. The second-order valence-electron chi connectivity index (χ2n) is 6.56. The van der Waals surface area contributed by atoms with E-state index in [4.69, 9.17) is 9.84 Å². The van der Waals surface area contributed by atoms with Gasteiger partial charge < -0.3 is 15.2 Å². The largest absolute Gasteiger partial charge is 0.491 e. The Bertz CT molecular complexity index is 709. The van der Waals surface area contributed by atoms with Crippen molar-refractivity contribution in [2.24, 2.45) is 0 Å². The molecule has 1 aliphatic heterocycles. The van der Waals surface area contributed by atoms with Gasteiger partial charge in [0, 0.05) is 30.9 Å². The molecular weight excluding hydrogens is 338 g/mol. The zero-order valence-electron chi connectivity index (χ0n) is 14.6. The molecule has 140 valence electrons. The quantitative estimate of drug-likeness (QED) is 0.792. The van der Waals surface area contributed by atoms with Gasteiger partial charge in [-0.1, -0.05) is 12.1 Å². The van der Waals surface area contributed by atoms with E-state index >= 15 is 0 Å². The second-order valence-corrected chi connectivity index (χ2v) is 6.56. The highest BCUT2D eigenvalue weighted by atomic mass is 19.2. The van der Waals surface area contributed by atoms with Crippen molar-refractivity contribution < 1.29 is 18.6 Å². The van der Waals surface area contributed by atoms with Gasteiger partial charge in [0.2, 0.25) is 0 Å². The van der Waals surface area contributed by atoms with Gasteiger partial charge in [-0.15, -0.1) is 0 Å². The third-order valence-electron chi connectivity index (χ3n) is 4.49. The molecule has 1 saturated heterocycles. The number of hydrogen-bond donors (Lipinski definition) is 2. The first-order valence-corrected chi connectivity index (χ1v) is 8.90. The number of benzene rings is 2. The topological polar surface area (TPSA) is 44.7 Å². The number of rotatable bonds is 7. The lowest BCUT2D eigenvalue weighted by molar-refractivity contribution is 0.200. The summed E-state index contributed by atoms with van der Waals surface area (Å²) in [5, 5.41) is 12.1. The number of ether oxygens (including phenoxy) is 1. The summed E-state index contributed by atoms with van der Waals surface area (Å²) < 4.78 is 31.8. The Morgan fingerprint density at radius 2 is 1.92 bits per heavy atom. The van der Waals surface area contributed by atoms with Gasteiger partial charge in [-0.2, -0.15) is 0 Å². The van der Waals surface area contributed by atoms with Gasteiger partial charge in [-0.3, -0.25) is 4.90 Å². The number of piperidine rings is 1. The van der Waals surface area contributed by atoms with Crippen molar-refractivity contribution in [3.05, 3.63) is 59.7 Å². The van der Waals surface area contributed by atoms with Crippen molar-refractivity contribution in [1.29, 1.82) is 0 Å². The van der Waals surface area contributed by atoms with Crippen LogP contribution in [0.4, 0.5) is 14.5 Å². The lowest BCUT2D eigenvalue weighted by atomic mass is 10.0. The van der Waals surface area contributed by atoms with Gasteiger partial charge in [0.15, 0.2) is 11.6 Å². The summed E-state index contributed by atoms with van der Waals surface area (Å²) in [4.78, 5) is 2.35. The number of nitrogens with zero attached hydrogens (tertiary/aromatic N) is 1. The number of aliphatic hydroxyl groups excluding tert-OH is 1. The summed E-state index contributed by atoms with van der Waals surface area (Å²) in [7, 11) is 0. The first kappa shape index (κ1) is 18.6. The first-order chi connectivity index (χ1) is 12.6. The van der Waals surface area contributed by atoms with E-state index in [-0.39, 0.29) is 12.6 Å². The fourth-order valence-electron chi connectivity index (χ4n) is 3.25. The van der Waals surface area contributed by atoms with E-state index in [2.05, 4.69) is 10.2 Å². The fraction of sp³-hybridized carbons (Fsp3) is 0.400. The van der Waals surface area contributed by atoms with E-state index in [0.29, 0.717) is 12.3 Å². The summed E-state index contributed by atoms with van der Waals surface area (Å²) in [6, 6.07) is 12.0. The molecule has 1 aliphatic rings. The van der Waals surface area contributed by atoms with Gasteiger partial charge in [0.05, 0.1) is 6.61 Å². The average molecular weight is 362 g/mol. The molecule has 0 aliphatic carbocycles. The van der Waals surface area contributed by atoms with E-state index < -0.39 is 11.6 Å². The van der Waals surface area contributed by atoms with Crippen LogP contribution in [-0.2, 0) is 6.54 Å². The van der Waals surface area contributed by atoms with Crippen molar-refractivity contribution in [3.63, 3.8) is 0 Å². The molecule has 0 spiro atoms. The van der Waals surface area contributed by atoms with Crippen LogP contribution in [0.5, 0.6) is 5.75 Å². The van der Waals surface area contributed by atoms with Gasteiger partial charge in [-0.05, 0) is 49.2 Å². The van der Waals surface area contributed by atoms with E-state index in [1.54, 1.807) is 6.07 Å². The zero-order chi connectivity index (χ0) is 18.4. The summed E-state index contributed by atoms with van der Waals surface area (Å²) in [6.45, 7) is 2.99. The molecule has 2 N–H and O–H groups in total. The lowest BCUT2D eigenvalue weighted by Crippen LogP contribution is -2.41. The molecule has 1 heterocycles. The fourth-order valence-corrected chi connectivity index (χ4v) is 3.25. The van der Waals surface area contributed by atoms with Crippen LogP contribution in [0.15, 0.2) is 42.5 Å². The summed E-state index contributed by atoms with van der Waals surface area (Å²) >= 11 is 0. The first-order valence-electron chi connectivity index (χ1n) is 8.90. The van der Waals surface area contributed by atoms with Gasteiger partial charge in [0.1, 0.15) is 12.4 Å². The minimum absolute atomic E-state index is 0.00186. The Hall–Kier alpha value is -2.18. The monoisotopic (exact) mass is 362 g/mol. The molecule has 6 heteroatoms. The maximum Gasteiger partial charge on any atom is 0.160 e.